The molecule has 0 unspecified atom stereocenters. The van der Waals surface area contributed by atoms with Gasteiger partial charge in [-0.1, -0.05) is 18.2 Å². The van der Waals surface area contributed by atoms with Gasteiger partial charge in [0.05, 0.1) is 13.2 Å². The van der Waals surface area contributed by atoms with Crippen molar-refractivity contribution in [3.8, 4) is 5.75 Å². The second-order valence-corrected chi connectivity index (χ2v) is 6.05. The summed E-state index contributed by atoms with van der Waals surface area (Å²) in [5, 5.41) is 5.43. The lowest BCUT2D eigenvalue weighted by atomic mass is 10.0. The zero-order chi connectivity index (χ0) is 14.7. The largest absolute Gasteiger partial charge is 0.493 e. The molecule has 120 valence electrons. The third-order valence-electron chi connectivity index (χ3n) is 3.83. The molecule has 1 aromatic carbocycles. The summed E-state index contributed by atoms with van der Waals surface area (Å²) in [6.07, 6.45) is 0. The fourth-order valence-electron chi connectivity index (χ4n) is 2.87. The molecule has 3 rings (SSSR count). The van der Waals surface area contributed by atoms with Crippen LogP contribution < -0.4 is 10.1 Å². The summed E-state index contributed by atoms with van der Waals surface area (Å²) in [5.74, 6) is 0.0566. The first-order valence-corrected chi connectivity index (χ1v) is 8.00. The molecular weight excluding hydrogens is 323 g/mol. The van der Waals surface area contributed by atoms with E-state index in [0.29, 0.717) is 5.75 Å². The third kappa shape index (κ3) is 3.43. The number of hydrogen-bond donors (Lipinski definition) is 1. The van der Waals surface area contributed by atoms with Crippen molar-refractivity contribution in [2.45, 2.75) is 6.04 Å². The Bertz CT molecular complexity index is 588. The van der Waals surface area contributed by atoms with Gasteiger partial charge < -0.3 is 10.1 Å². The average molecular weight is 343 g/mol. The minimum absolute atomic E-state index is 0. The molecule has 0 aliphatic carbocycles. The maximum Gasteiger partial charge on any atom is 0.165 e. The number of hydrogen-bond acceptors (Lipinski definition) is 4. The Hall–Kier alpha value is -1.14. The highest BCUT2D eigenvalue weighted by Crippen LogP contribution is 2.38. The van der Waals surface area contributed by atoms with Gasteiger partial charge in [0.2, 0.25) is 0 Å². The number of halogens is 2. The van der Waals surface area contributed by atoms with E-state index >= 15 is 0 Å². The van der Waals surface area contributed by atoms with Crippen LogP contribution in [0.5, 0.6) is 5.75 Å². The Morgan fingerprint density at radius 1 is 1.23 bits per heavy atom. The molecule has 0 saturated carbocycles. The van der Waals surface area contributed by atoms with Crippen LogP contribution in [-0.4, -0.2) is 38.2 Å². The molecule has 0 spiro atoms. The Balaban J connectivity index is 0.00000176. The van der Waals surface area contributed by atoms with Gasteiger partial charge >= 0.3 is 0 Å². The summed E-state index contributed by atoms with van der Waals surface area (Å²) in [6, 6.07) is 9.39. The first kappa shape index (κ1) is 17.2. The molecule has 1 aromatic heterocycles. The Morgan fingerprint density at radius 2 is 2.00 bits per heavy atom. The number of benzene rings is 1. The van der Waals surface area contributed by atoms with Gasteiger partial charge in [-0.15, -0.1) is 23.7 Å². The second-order valence-electron chi connectivity index (χ2n) is 5.07. The molecule has 1 saturated heterocycles. The molecular formula is C16H20ClFN2OS. The minimum Gasteiger partial charge on any atom is -0.493 e. The van der Waals surface area contributed by atoms with Crippen molar-refractivity contribution in [3.05, 3.63) is 52.0 Å². The van der Waals surface area contributed by atoms with Gasteiger partial charge in [-0.3, -0.25) is 4.90 Å². The summed E-state index contributed by atoms with van der Waals surface area (Å²) >= 11 is 1.70. The third-order valence-corrected chi connectivity index (χ3v) is 4.75. The summed E-state index contributed by atoms with van der Waals surface area (Å²) < 4.78 is 19.4. The molecule has 22 heavy (non-hydrogen) atoms. The van der Waals surface area contributed by atoms with Crippen LogP contribution in [0.15, 0.2) is 35.7 Å². The summed E-state index contributed by atoms with van der Waals surface area (Å²) in [7, 11) is 1.53. The molecule has 0 bridgehead atoms. The Kier molecular flexibility index (Phi) is 6.20. The lowest BCUT2D eigenvalue weighted by Crippen LogP contribution is -2.45. The molecule has 1 fully saturated rings. The van der Waals surface area contributed by atoms with E-state index in [4.69, 9.17) is 4.74 Å². The van der Waals surface area contributed by atoms with Crippen molar-refractivity contribution in [1.29, 1.82) is 0 Å². The van der Waals surface area contributed by atoms with Gasteiger partial charge in [0.1, 0.15) is 0 Å². The van der Waals surface area contributed by atoms with Crippen molar-refractivity contribution in [3.63, 3.8) is 0 Å². The van der Waals surface area contributed by atoms with E-state index in [1.807, 2.05) is 12.1 Å². The van der Waals surface area contributed by atoms with Crippen LogP contribution >= 0.6 is 23.7 Å². The maximum atomic E-state index is 14.1. The molecule has 1 aliphatic heterocycles. The minimum atomic E-state index is -0.299. The standard InChI is InChI=1S/C16H19FN2OS.ClH/c1-20-16-12(4-2-5-13(16)17)15(14-6-3-11-21-14)19-9-7-18-8-10-19;/h2-6,11,15,18H,7-10H2,1H3;1H/t15-;/m1./s1. The lowest BCUT2D eigenvalue weighted by Gasteiger charge is -2.35. The van der Waals surface area contributed by atoms with E-state index in [1.54, 1.807) is 17.4 Å². The van der Waals surface area contributed by atoms with Gasteiger partial charge in [0.25, 0.3) is 0 Å². The molecule has 0 amide bonds. The number of thiophene rings is 1. The van der Waals surface area contributed by atoms with E-state index in [9.17, 15) is 4.39 Å². The van der Waals surface area contributed by atoms with E-state index in [2.05, 4.69) is 21.7 Å². The van der Waals surface area contributed by atoms with Gasteiger partial charge in [0.15, 0.2) is 11.6 Å². The molecule has 2 aromatic rings. The second kappa shape index (κ2) is 7.92. The normalized spacial score (nSPS) is 16.8. The average Bonchev–Trinajstić information content (AvgIpc) is 3.03. The van der Waals surface area contributed by atoms with Crippen LogP contribution in [0, 0.1) is 5.82 Å². The molecule has 1 N–H and O–H groups in total. The van der Waals surface area contributed by atoms with Crippen LogP contribution in [0.2, 0.25) is 0 Å². The van der Waals surface area contributed by atoms with Crippen LogP contribution in [0.25, 0.3) is 0 Å². The van der Waals surface area contributed by atoms with Crippen molar-refractivity contribution < 1.29 is 9.13 Å². The smallest absolute Gasteiger partial charge is 0.165 e. The zero-order valence-corrected chi connectivity index (χ0v) is 14.1. The van der Waals surface area contributed by atoms with Crippen LogP contribution in [-0.2, 0) is 0 Å². The van der Waals surface area contributed by atoms with Crippen LogP contribution in [0.1, 0.15) is 16.5 Å². The lowest BCUT2D eigenvalue weighted by molar-refractivity contribution is 0.197. The fraction of sp³-hybridized carbons (Fsp3) is 0.375. The molecule has 2 heterocycles. The first-order valence-electron chi connectivity index (χ1n) is 7.12. The van der Waals surface area contributed by atoms with Crippen molar-refractivity contribution in [2.75, 3.05) is 33.3 Å². The van der Waals surface area contributed by atoms with Gasteiger partial charge in [-0.25, -0.2) is 4.39 Å². The SMILES string of the molecule is COc1c(F)cccc1[C@H](c1cccs1)N1CCNCC1.Cl. The van der Waals surface area contributed by atoms with Crippen molar-refractivity contribution >= 4 is 23.7 Å². The monoisotopic (exact) mass is 342 g/mol. The van der Waals surface area contributed by atoms with Crippen molar-refractivity contribution in [1.82, 2.24) is 10.2 Å². The van der Waals surface area contributed by atoms with Crippen molar-refractivity contribution in [2.24, 2.45) is 0 Å². The van der Waals surface area contributed by atoms with Crippen LogP contribution in [0.3, 0.4) is 0 Å². The zero-order valence-electron chi connectivity index (χ0n) is 12.4. The number of rotatable bonds is 4. The molecule has 6 heteroatoms. The van der Waals surface area contributed by atoms with E-state index in [-0.39, 0.29) is 24.3 Å². The molecule has 3 nitrogen and oxygen atoms in total. The van der Waals surface area contributed by atoms with E-state index < -0.39 is 0 Å². The Morgan fingerprint density at radius 3 is 2.64 bits per heavy atom. The molecule has 1 aliphatic rings. The van der Waals surface area contributed by atoms with E-state index in [0.717, 1.165) is 31.7 Å². The highest BCUT2D eigenvalue weighted by Gasteiger charge is 2.28. The Labute approximate surface area is 140 Å². The molecule has 1 atom stereocenters. The van der Waals surface area contributed by atoms with Gasteiger partial charge in [-0.05, 0) is 17.5 Å². The van der Waals surface area contributed by atoms with Crippen LogP contribution in [0.4, 0.5) is 4.39 Å². The predicted octanol–water partition coefficient (Wildman–Crippen LogP) is 3.31. The topological polar surface area (TPSA) is 24.5 Å². The fourth-order valence-corrected chi connectivity index (χ4v) is 3.75. The number of nitrogens with one attached hydrogen (secondary N) is 1. The van der Waals surface area contributed by atoms with E-state index in [1.165, 1.54) is 18.1 Å². The first-order chi connectivity index (χ1) is 10.3. The number of nitrogens with zero attached hydrogens (tertiary/aromatic N) is 1. The highest BCUT2D eigenvalue weighted by molar-refractivity contribution is 7.10. The number of methoxy groups -OCH3 is 1. The highest BCUT2D eigenvalue weighted by atomic mass is 35.5. The van der Waals surface area contributed by atoms with Gasteiger partial charge in [-0.2, -0.15) is 0 Å². The summed E-state index contributed by atoms with van der Waals surface area (Å²) in [6.45, 7) is 3.81. The predicted molar refractivity (Wildman–Crippen MR) is 90.8 cm³/mol. The number of ether oxygens (including phenoxy) is 1. The maximum absolute atomic E-state index is 14.1. The quantitative estimate of drug-likeness (QED) is 0.922. The summed E-state index contributed by atoms with van der Waals surface area (Å²) in [5.41, 5.74) is 0.904. The summed E-state index contributed by atoms with van der Waals surface area (Å²) in [4.78, 5) is 3.61. The molecule has 0 radical (unpaired) electrons. The van der Waals surface area contributed by atoms with Gasteiger partial charge in [0, 0.05) is 36.6 Å². The number of piperazine rings is 1. The number of para-hydroxylation sites is 1.